The average Bonchev–Trinajstić information content (AvgIpc) is 2.37. The summed E-state index contributed by atoms with van der Waals surface area (Å²) in [5, 5.41) is 5.11. The summed E-state index contributed by atoms with van der Waals surface area (Å²) >= 11 is 0. The molecule has 19 heavy (non-hydrogen) atoms. The van der Waals surface area contributed by atoms with Crippen LogP contribution in [0.4, 0.5) is 0 Å². The van der Waals surface area contributed by atoms with Crippen LogP contribution in [0.25, 0.3) is 0 Å². The Hall–Kier alpha value is -0.860. The fourth-order valence-electron chi connectivity index (χ4n) is 2.75. The van der Waals surface area contributed by atoms with Crippen LogP contribution in [0.2, 0.25) is 0 Å². The summed E-state index contributed by atoms with van der Waals surface area (Å²) in [5.41, 5.74) is 2.93. The zero-order chi connectivity index (χ0) is 13.9. The molecule has 1 heterocycles. The molecule has 106 valence electrons. The SMILES string of the molecule is Cc1ccc(CN(N2CCCCC2)C(C)(C)C)cc1. The fraction of sp³-hybridized carbons (Fsp3) is 0.647. The third kappa shape index (κ3) is 4.05. The van der Waals surface area contributed by atoms with E-state index in [4.69, 9.17) is 0 Å². The van der Waals surface area contributed by atoms with E-state index in [1.807, 2.05) is 0 Å². The smallest absolute Gasteiger partial charge is 0.0390 e. The number of hydrogen-bond donors (Lipinski definition) is 0. The van der Waals surface area contributed by atoms with Gasteiger partial charge < -0.3 is 0 Å². The third-order valence-electron chi connectivity index (χ3n) is 3.90. The Morgan fingerprint density at radius 3 is 2.11 bits per heavy atom. The second-order valence-electron chi connectivity index (χ2n) is 6.73. The highest BCUT2D eigenvalue weighted by atomic mass is 15.6. The van der Waals surface area contributed by atoms with Crippen molar-refractivity contribution < 1.29 is 0 Å². The van der Waals surface area contributed by atoms with E-state index in [-0.39, 0.29) is 5.54 Å². The minimum atomic E-state index is 0.183. The minimum absolute atomic E-state index is 0.183. The molecule has 1 aromatic rings. The van der Waals surface area contributed by atoms with E-state index < -0.39 is 0 Å². The third-order valence-corrected chi connectivity index (χ3v) is 3.90. The molecule has 2 heteroatoms. The predicted molar refractivity (Wildman–Crippen MR) is 81.9 cm³/mol. The van der Waals surface area contributed by atoms with Crippen LogP contribution in [-0.2, 0) is 6.54 Å². The molecule has 0 bridgehead atoms. The zero-order valence-electron chi connectivity index (χ0n) is 12.9. The van der Waals surface area contributed by atoms with Crippen molar-refractivity contribution in [2.45, 2.75) is 59.0 Å². The summed E-state index contributed by atoms with van der Waals surface area (Å²) < 4.78 is 0. The summed E-state index contributed by atoms with van der Waals surface area (Å²) in [4.78, 5) is 0. The van der Waals surface area contributed by atoms with Gasteiger partial charge >= 0.3 is 0 Å². The first-order chi connectivity index (χ1) is 8.97. The molecule has 1 aliphatic heterocycles. The highest BCUT2D eigenvalue weighted by Crippen LogP contribution is 2.23. The largest absolute Gasteiger partial charge is 0.241 e. The standard InChI is InChI=1S/C17H28N2/c1-15-8-10-16(11-9-15)14-19(17(2,3)4)18-12-6-5-7-13-18/h8-11H,5-7,12-14H2,1-4H3. The van der Waals surface area contributed by atoms with Crippen LogP contribution in [0.1, 0.15) is 51.2 Å². The lowest BCUT2D eigenvalue weighted by molar-refractivity contribution is -0.108. The number of nitrogens with zero attached hydrogens (tertiary/aromatic N) is 2. The molecular formula is C17H28N2. The van der Waals surface area contributed by atoms with E-state index >= 15 is 0 Å². The summed E-state index contributed by atoms with van der Waals surface area (Å²) in [7, 11) is 0. The molecular weight excluding hydrogens is 232 g/mol. The Morgan fingerprint density at radius 2 is 1.58 bits per heavy atom. The normalized spacial score (nSPS) is 17.9. The van der Waals surface area contributed by atoms with Gasteiger partial charge in [0, 0.05) is 25.2 Å². The number of aryl methyl sites for hydroxylation is 1. The van der Waals surface area contributed by atoms with Gasteiger partial charge in [0.1, 0.15) is 0 Å². The Labute approximate surface area is 118 Å². The van der Waals surface area contributed by atoms with Crippen LogP contribution in [0.15, 0.2) is 24.3 Å². The van der Waals surface area contributed by atoms with Crippen molar-refractivity contribution >= 4 is 0 Å². The molecule has 0 amide bonds. The number of hydrogen-bond acceptors (Lipinski definition) is 2. The van der Waals surface area contributed by atoms with Crippen molar-refractivity contribution in [2.24, 2.45) is 0 Å². The Bertz CT molecular complexity index is 383. The lowest BCUT2D eigenvalue weighted by Crippen LogP contribution is -2.54. The quantitative estimate of drug-likeness (QED) is 0.810. The van der Waals surface area contributed by atoms with Crippen LogP contribution < -0.4 is 0 Å². The molecule has 1 aliphatic rings. The van der Waals surface area contributed by atoms with Crippen molar-refractivity contribution in [1.82, 2.24) is 10.0 Å². The molecule has 0 radical (unpaired) electrons. The molecule has 0 aromatic heterocycles. The van der Waals surface area contributed by atoms with Crippen molar-refractivity contribution in [3.8, 4) is 0 Å². The Morgan fingerprint density at radius 1 is 1.00 bits per heavy atom. The predicted octanol–water partition coefficient (Wildman–Crippen LogP) is 4.00. The molecule has 1 fully saturated rings. The molecule has 2 nitrogen and oxygen atoms in total. The number of piperidine rings is 1. The molecule has 1 saturated heterocycles. The molecule has 0 saturated carbocycles. The fourth-order valence-corrected chi connectivity index (χ4v) is 2.75. The van der Waals surface area contributed by atoms with Gasteiger partial charge in [-0.15, -0.1) is 0 Å². The zero-order valence-corrected chi connectivity index (χ0v) is 12.9. The molecule has 0 atom stereocenters. The second-order valence-corrected chi connectivity index (χ2v) is 6.73. The van der Waals surface area contributed by atoms with Crippen LogP contribution in [0, 0.1) is 6.92 Å². The highest BCUT2D eigenvalue weighted by molar-refractivity contribution is 5.21. The first-order valence-electron chi connectivity index (χ1n) is 7.55. The van der Waals surface area contributed by atoms with Gasteiger partial charge in [-0.1, -0.05) is 36.2 Å². The van der Waals surface area contributed by atoms with E-state index in [9.17, 15) is 0 Å². The molecule has 2 rings (SSSR count). The average molecular weight is 260 g/mol. The maximum absolute atomic E-state index is 2.56. The van der Waals surface area contributed by atoms with E-state index in [0.717, 1.165) is 6.54 Å². The van der Waals surface area contributed by atoms with Gasteiger partial charge in [-0.2, -0.15) is 0 Å². The topological polar surface area (TPSA) is 6.48 Å². The van der Waals surface area contributed by atoms with Crippen molar-refractivity contribution in [3.05, 3.63) is 35.4 Å². The van der Waals surface area contributed by atoms with Gasteiger partial charge in [-0.3, -0.25) is 0 Å². The van der Waals surface area contributed by atoms with Gasteiger partial charge in [0.15, 0.2) is 0 Å². The minimum Gasteiger partial charge on any atom is -0.241 e. The summed E-state index contributed by atoms with van der Waals surface area (Å²) in [5.74, 6) is 0. The molecule has 0 unspecified atom stereocenters. The lowest BCUT2D eigenvalue weighted by atomic mass is 10.0. The van der Waals surface area contributed by atoms with E-state index in [1.54, 1.807) is 0 Å². The monoisotopic (exact) mass is 260 g/mol. The van der Waals surface area contributed by atoms with Gasteiger partial charge in [-0.05, 0) is 46.1 Å². The summed E-state index contributed by atoms with van der Waals surface area (Å²) in [6.07, 6.45) is 4.06. The van der Waals surface area contributed by atoms with E-state index in [1.165, 1.54) is 43.5 Å². The Kier molecular flexibility index (Phi) is 4.64. The number of benzene rings is 1. The number of hydrazine groups is 1. The van der Waals surface area contributed by atoms with Crippen molar-refractivity contribution in [2.75, 3.05) is 13.1 Å². The molecule has 1 aromatic carbocycles. The first kappa shape index (κ1) is 14.5. The molecule has 0 N–H and O–H groups in total. The maximum atomic E-state index is 2.56. The van der Waals surface area contributed by atoms with Gasteiger partial charge in [0.25, 0.3) is 0 Å². The van der Waals surface area contributed by atoms with Crippen LogP contribution >= 0.6 is 0 Å². The van der Waals surface area contributed by atoms with Crippen LogP contribution in [0.3, 0.4) is 0 Å². The van der Waals surface area contributed by atoms with E-state index in [2.05, 4.69) is 62.0 Å². The van der Waals surface area contributed by atoms with Crippen LogP contribution in [0.5, 0.6) is 0 Å². The van der Waals surface area contributed by atoms with Crippen LogP contribution in [-0.4, -0.2) is 28.6 Å². The van der Waals surface area contributed by atoms with Gasteiger partial charge in [-0.25, -0.2) is 10.0 Å². The Balaban J connectivity index is 2.11. The molecule has 0 spiro atoms. The van der Waals surface area contributed by atoms with Crippen molar-refractivity contribution in [3.63, 3.8) is 0 Å². The van der Waals surface area contributed by atoms with E-state index in [0.29, 0.717) is 0 Å². The maximum Gasteiger partial charge on any atom is 0.0390 e. The lowest BCUT2D eigenvalue weighted by Gasteiger charge is -2.45. The van der Waals surface area contributed by atoms with Crippen molar-refractivity contribution in [1.29, 1.82) is 0 Å². The number of rotatable bonds is 3. The highest BCUT2D eigenvalue weighted by Gasteiger charge is 2.28. The summed E-state index contributed by atoms with van der Waals surface area (Å²) in [6.45, 7) is 12.5. The van der Waals surface area contributed by atoms with Gasteiger partial charge in [0.05, 0.1) is 0 Å². The van der Waals surface area contributed by atoms with Gasteiger partial charge in [0.2, 0.25) is 0 Å². The molecule has 0 aliphatic carbocycles. The second kappa shape index (κ2) is 6.06. The summed E-state index contributed by atoms with van der Waals surface area (Å²) in [6, 6.07) is 8.95. The first-order valence-corrected chi connectivity index (χ1v) is 7.55.